The van der Waals surface area contributed by atoms with Crippen LogP contribution in [-0.4, -0.2) is 12.1 Å². The van der Waals surface area contributed by atoms with Crippen LogP contribution in [0.3, 0.4) is 0 Å². The van der Waals surface area contributed by atoms with Gasteiger partial charge in [-0.15, -0.1) is 6.42 Å². The highest BCUT2D eigenvalue weighted by molar-refractivity contribution is 4.99. The quantitative estimate of drug-likeness (QED) is 0.654. The second-order valence-electron chi connectivity index (χ2n) is 4.01. The first-order valence-electron chi connectivity index (χ1n) is 5.59. The molecule has 1 saturated carbocycles. The summed E-state index contributed by atoms with van der Waals surface area (Å²) in [6.45, 7) is 2.19. The van der Waals surface area contributed by atoms with Crippen LogP contribution in [0.15, 0.2) is 0 Å². The minimum atomic E-state index is 0.313. The summed E-state index contributed by atoms with van der Waals surface area (Å²) in [4.78, 5) is 0. The van der Waals surface area contributed by atoms with Gasteiger partial charge in [-0.2, -0.15) is 0 Å². The van der Waals surface area contributed by atoms with Crippen molar-refractivity contribution in [2.45, 2.75) is 64.0 Å². The van der Waals surface area contributed by atoms with Crippen LogP contribution in [0.25, 0.3) is 0 Å². The monoisotopic (exact) mass is 179 g/mol. The molecule has 1 unspecified atom stereocenters. The molecule has 0 aromatic heterocycles. The Balaban J connectivity index is 2.24. The topological polar surface area (TPSA) is 12.0 Å². The molecule has 13 heavy (non-hydrogen) atoms. The Morgan fingerprint density at radius 2 is 2.08 bits per heavy atom. The van der Waals surface area contributed by atoms with Gasteiger partial charge in [0.15, 0.2) is 0 Å². The normalized spacial score (nSPS) is 20.9. The molecule has 0 aromatic carbocycles. The van der Waals surface area contributed by atoms with Gasteiger partial charge in [-0.05, 0) is 19.3 Å². The number of hydrogen-bond donors (Lipinski definition) is 1. The molecule has 1 rings (SSSR count). The van der Waals surface area contributed by atoms with Gasteiger partial charge in [0.1, 0.15) is 0 Å². The molecule has 0 radical (unpaired) electrons. The number of nitrogens with one attached hydrogen (secondary N) is 1. The van der Waals surface area contributed by atoms with Crippen LogP contribution in [0, 0.1) is 12.3 Å². The highest BCUT2D eigenvalue weighted by atomic mass is 14.9. The molecule has 1 nitrogen and oxygen atoms in total. The van der Waals surface area contributed by atoms with Gasteiger partial charge in [-0.3, -0.25) is 0 Å². The van der Waals surface area contributed by atoms with E-state index < -0.39 is 0 Å². The smallest absolute Gasteiger partial charge is 0.0688 e. The molecule has 1 aliphatic rings. The van der Waals surface area contributed by atoms with E-state index in [-0.39, 0.29) is 0 Å². The Kier molecular flexibility index (Phi) is 4.93. The first kappa shape index (κ1) is 10.6. The van der Waals surface area contributed by atoms with Gasteiger partial charge >= 0.3 is 0 Å². The van der Waals surface area contributed by atoms with Gasteiger partial charge in [0.25, 0.3) is 0 Å². The molecule has 1 atom stereocenters. The van der Waals surface area contributed by atoms with Gasteiger partial charge in [0.05, 0.1) is 6.04 Å². The van der Waals surface area contributed by atoms with Crippen molar-refractivity contribution >= 4 is 0 Å². The zero-order valence-corrected chi connectivity index (χ0v) is 8.68. The summed E-state index contributed by atoms with van der Waals surface area (Å²) in [5.74, 6) is 2.84. The van der Waals surface area contributed by atoms with Crippen LogP contribution in [0.5, 0.6) is 0 Å². The molecule has 0 aromatic rings. The molecule has 0 aliphatic heterocycles. The third kappa shape index (κ3) is 3.83. The lowest BCUT2D eigenvalue weighted by molar-refractivity contribution is 0.352. The lowest BCUT2D eigenvalue weighted by atomic mass is 9.94. The zero-order valence-electron chi connectivity index (χ0n) is 8.68. The third-order valence-electron chi connectivity index (χ3n) is 2.82. The molecular formula is C12H21N. The molecule has 1 fully saturated rings. The maximum atomic E-state index is 5.46. The summed E-state index contributed by atoms with van der Waals surface area (Å²) in [6, 6.07) is 1.01. The van der Waals surface area contributed by atoms with E-state index in [1.165, 1.54) is 38.5 Å². The minimum Gasteiger partial charge on any atom is -0.301 e. The Morgan fingerprint density at radius 3 is 2.62 bits per heavy atom. The van der Waals surface area contributed by atoms with Gasteiger partial charge < -0.3 is 5.32 Å². The standard InChI is InChI=1S/C12H21N/c1-3-8-11(4-2)13-12-9-6-5-7-10-12/h2,11-13H,3,5-10H2,1H3. The molecule has 0 heterocycles. The highest BCUT2D eigenvalue weighted by Crippen LogP contribution is 2.18. The molecule has 1 N–H and O–H groups in total. The van der Waals surface area contributed by atoms with E-state index >= 15 is 0 Å². The first-order valence-corrected chi connectivity index (χ1v) is 5.59. The van der Waals surface area contributed by atoms with Gasteiger partial charge in [-0.1, -0.05) is 38.5 Å². The Labute approximate surface area is 82.3 Å². The second kappa shape index (κ2) is 6.05. The van der Waals surface area contributed by atoms with E-state index in [0.717, 1.165) is 6.42 Å². The van der Waals surface area contributed by atoms with Crippen molar-refractivity contribution in [3.63, 3.8) is 0 Å². The van der Waals surface area contributed by atoms with Crippen molar-refractivity contribution in [3.05, 3.63) is 0 Å². The average molecular weight is 179 g/mol. The molecule has 1 aliphatic carbocycles. The third-order valence-corrected chi connectivity index (χ3v) is 2.82. The lowest BCUT2D eigenvalue weighted by Crippen LogP contribution is -2.38. The van der Waals surface area contributed by atoms with Crippen LogP contribution in [-0.2, 0) is 0 Å². The predicted octanol–water partition coefficient (Wildman–Crippen LogP) is 2.71. The van der Waals surface area contributed by atoms with E-state index in [9.17, 15) is 0 Å². The van der Waals surface area contributed by atoms with E-state index in [0.29, 0.717) is 12.1 Å². The van der Waals surface area contributed by atoms with Crippen molar-refractivity contribution < 1.29 is 0 Å². The van der Waals surface area contributed by atoms with Crippen LogP contribution in [0.2, 0.25) is 0 Å². The lowest BCUT2D eigenvalue weighted by Gasteiger charge is -2.25. The predicted molar refractivity (Wildman–Crippen MR) is 57.5 cm³/mol. The molecule has 0 bridgehead atoms. The summed E-state index contributed by atoms with van der Waals surface area (Å²) in [5, 5.41) is 3.57. The highest BCUT2D eigenvalue weighted by Gasteiger charge is 2.15. The van der Waals surface area contributed by atoms with Gasteiger partial charge in [0.2, 0.25) is 0 Å². The maximum absolute atomic E-state index is 5.46. The van der Waals surface area contributed by atoms with Crippen molar-refractivity contribution in [1.82, 2.24) is 5.32 Å². The van der Waals surface area contributed by atoms with Gasteiger partial charge in [0, 0.05) is 6.04 Å². The average Bonchev–Trinajstić information content (AvgIpc) is 2.19. The largest absolute Gasteiger partial charge is 0.301 e. The van der Waals surface area contributed by atoms with E-state index in [1.54, 1.807) is 0 Å². The zero-order chi connectivity index (χ0) is 9.52. The molecule has 0 amide bonds. The second-order valence-corrected chi connectivity index (χ2v) is 4.01. The Morgan fingerprint density at radius 1 is 1.38 bits per heavy atom. The number of hydrogen-bond acceptors (Lipinski definition) is 1. The minimum absolute atomic E-state index is 0.313. The van der Waals surface area contributed by atoms with E-state index in [2.05, 4.69) is 18.2 Å². The number of rotatable bonds is 4. The summed E-state index contributed by atoms with van der Waals surface area (Å²) in [7, 11) is 0. The molecule has 1 heteroatoms. The SMILES string of the molecule is C#CC(CCC)NC1CCCCC1. The fourth-order valence-corrected chi connectivity index (χ4v) is 2.06. The summed E-state index contributed by atoms with van der Waals surface area (Å²) in [5.41, 5.74) is 0. The molecular weight excluding hydrogens is 158 g/mol. The van der Waals surface area contributed by atoms with Crippen molar-refractivity contribution in [3.8, 4) is 12.3 Å². The van der Waals surface area contributed by atoms with Crippen molar-refractivity contribution in [2.75, 3.05) is 0 Å². The summed E-state index contributed by atoms with van der Waals surface area (Å²) in [6.07, 6.45) is 14.6. The molecule has 0 saturated heterocycles. The van der Waals surface area contributed by atoms with E-state index in [1.807, 2.05) is 0 Å². The van der Waals surface area contributed by atoms with Crippen molar-refractivity contribution in [1.29, 1.82) is 0 Å². The van der Waals surface area contributed by atoms with Gasteiger partial charge in [-0.25, -0.2) is 0 Å². The fourth-order valence-electron chi connectivity index (χ4n) is 2.06. The van der Waals surface area contributed by atoms with Crippen LogP contribution in [0.1, 0.15) is 51.9 Å². The summed E-state index contributed by atoms with van der Waals surface area (Å²) < 4.78 is 0. The van der Waals surface area contributed by atoms with Crippen LogP contribution >= 0.6 is 0 Å². The van der Waals surface area contributed by atoms with Crippen LogP contribution in [0.4, 0.5) is 0 Å². The molecule has 0 spiro atoms. The van der Waals surface area contributed by atoms with Crippen LogP contribution < -0.4 is 5.32 Å². The first-order chi connectivity index (χ1) is 6.36. The van der Waals surface area contributed by atoms with Crippen molar-refractivity contribution in [2.24, 2.45) is 0 Å². The fraction of sp³-hybridized carbons (Fsp3) is 0.833. The number of terminal acetylenes is 1. The maximum Gasteiger partial charge on any atom is 0.0688 e. The molecule has 74 valence electrons. The summed E-state index contributed by atoms with van der Waals surface area (Å²) >= 11 is 0. The Hall–Kier alpha value is -0.480. The Bertz CT molecular complexity index is 162. The van der Waals surface area contributed by atoms with E-state index in [4.69, 9.17) is 6.42 Å².